The fourth-order valence-electron chi connectivity index (χ4n) is 3.85. The number of carbonyl (C=O) groups is 2. The third-order valence-corrected chi connectivity index (χ3v) is 5.99. The van der Waals surface area contributed by atoms with Crippen LogP contribution < -0.4 is 0 Å². The highest BCUT2D eigenvalue weighted by Crippen LogP contribution is 2.14. The van der Waals surface area contributed by atoms with Crippen LogP contribution in [-0.2, 0) is 9.47 Å². The van der Waals surface area contributed by atoms with Gasteiger partial charge in [0.05, 0.1) is 24.3 Å². The maximum atomic E-state index is 12.4. The second kappa shape index (κ2) is 21.4. The van der Waals surface area contributed by atoms with Crippen molar-refractivity contribution in [1.29, 1.82) is 0 Å². The third-order valence-electron chi connectivity index (χ3n) is 5.99. The number of esters is 2. The van der Waals surface area contributed by atoms with Gasteiger partial charge in [-0.2, -0.15) is 0 Å². The highest BCUT2D eigenvalue weighted by atomic mass is 16.5. The normalized spacial score (nSPS) is 12.5. The van der Waals surface area contributed by atoms with Crippen molar-refractivity contribution in [3.8, 4) is 0 Å². The lowest BCUT2D eigenvalue weighted by atomic mass is 10.1. The number of carbonyl (C=O) groups excluding carboxylic acids is 2. The molecule has 0 N–H and O–H groups in total. The van der Waals surface area contributed by atoms with E-state index in [9.17, 15) is 9.59 Å². The maximum absolute atomic E-state index is 12.4. The van der Waals surface area contributed by atoms with E-state index in [0.717, 1.165) is 25.7 Å². The van der Waals surface area contributed by atoms with Crippen molar-refractivity contribution in [3.05, 3.63) is 47.5 Å². The fraction of sp³-hybridized carbons (Fsp3) is 0.667. The molecule has 0 heterocycles. The van der Waals surface area contributed by atoms with E-state index in [1.807, 2.05) is 0 Å². The Morgan fingerprint density at radius 2 is 1.00 bits per heavy atom. The molecule has 0 saturated heterocycles. The highest BCUT2D eigenvalue weighted by molar-refractivity contribution is 6.03. The molecule has 0 atom stereocenters. The molecule has 4 heteroatoms. The largest absolute Gasteiger partial charge is 0.462 e. The first-order valence-corrected chi connectivity index (χ1v) is 13.8. The van der Waals surface area contributed by atoms with Crippen LogP contribution in [0.1, 0.15) is 137 Å². The first-order chi connectivity index (χ1) is 16.7. The van der Waals surface area contributed by atoms with Crippen LogP contribution in [0.25, 0.3) is 0 Å². The number of allylic oxidation sites excluding steroid dienone is 2. The molecule has 1 aliphatic carbocycles. The summed E-state index contributed by atoms with van der Waals surface area (Å²) in [5.41, 5.74) is 0.586. The number of rotatable bonds is 16. The average molecular weight is 473 g/mol. The lowest BCUT2D eigenvalue weighted by molar-refractivity contribution is 0.0450. The quantitative estimate of drug-likeness (QED) is 0.137. The smallest absolute Gasteiger partial charge is 0.339 e. The van der Waals surface area contributed by atoms with Crippen LogP contribution in [0.5, 0.6) is 0 Å². The molecule has 0 bridgehead atoms. The molecule has 0 aromatic heterocycles. The van der Waals surface area contributed by atoms with E-state index >= 15 is 0 Å². The zero-order chi connectivity index (χ0) is 24.7. The molecular weight excluding hydrogens is 424 g/mol. The zero-order valence-corrected chi connectivity index (χ0v) is 21.8. The number of unbranched alkanes of at least 4 members (excludes halogenated alkanes) is 10. The first-order valence-electron chi connectivity index (χ1n) is 13.8. The van der Waals surface area contributed by atoms with Gasteiger partial charge in [0.15, 0.2) is 0 Å². The Morgan fingerprint density at radius 3 is 1.35 bits per heavy atom. The molecule has 0 unspecified atom stereocenters. The highest BCUT2D eigenvalue weighted by Gasteiger charge is 2.18. The molecule has 1 aromatic carbocycles. The summed E-state index contributed by atoms with van der Waals surface area (Å²) < 4.78 is 10.7. The van der Waals surface area contributed by atoms with Crippen LogP contribution >= 0.6 is 0 Å². The lowest BCUT2D eigenvalue weighted by Crippen LogP contribution is -2.15. The van der Waals surface area contributed by atoms with Gasteiger partial charge in [-0.1, -0.05) is 102 Å². The molecule has 0 aliphatic heterocycles. The summed E-state index contributed by atoms with van der Waals surface area (Å²) in [4.78, 5) is 24.7. The van der Waals surface area contributed by atoms with Crippen molar-refractivity contribution in [2.75, 3.05) is 13.2 Å². The molecular formula is C30H48O4. The minimum atomic E-state index is -0.444. The van der Waals surface area contributed by atoms with Gasteiger partial charge >= 0.3 is 11.9 Å². The Balaban J connectivity index is 0.000000830. The van der Waals surface area contributed by atoms with Crippen molar-refractivity contribution in [1.82, 2.24) is 0 Å². The van der Waals surface area contributed by atoms with Crippen LogP contribution in [0.3, 0.4) is 0 Å². The Morgan fingerprint density at radius 1 is 0.618 bits per heavy atom. The van der Waals surface area contributed by atoms with E-state index in [4.69, 9.17) is 9.47 Å². The Hall–Kier alpha value is -2.10. The molecule has 0 fully saturated rings. The molecule has 0 radical (unpaired) electrons. The van der Waals surface area contributed by atoms with Crippen molar-refractivity contribution >= 4 is 11.9 Å². The molecule has 192 valence electrons. The fourth-order valence-corrected chi connectivity index (χ4v) is 3.85. The van der Waals surface area contributed by atoms with Gasteiger partial charge in [-0.3, -0.25) is 0 Å². The van der Waals surface area contributed by atoms with E-state index in [2.05, 4.69) is 26.0 Å². The van der Waals surface area contributed by atoms with Crippen LogP contribution in [0.15, 0.2) is 36.4 Å². The molecule has 34 heavy (non-hydrogen) atoms. The summed E-state index contributed by atoms with van der Waals surface area (Å²) in [6.45, 7) is 5.17. The standard InChI is InChI=1S/C24H38O4.C6H10/c1-3-5-7-9-11-15-19-27-23(25)21-17-13-14-18-22(21)24(26)28-20-16-12-10-8-6-4-2;1-2-4-6-5-3-1/h13-14,17-18H,3-12,15-16,19-20H2,1-2H3;1-2H,3-6H2. The van der Waals surface area contributed by atoms with Gasteiger partial charge in [0.25, 0.3) is 0 Å². The van der Waals surface area contributed by atoms with E-state index < -0.39 is 11.9 Å². The molecule has 0 saturated carbocycles. The van der Waals surface area contributed by atoms with Crippen LogP contribution in [0, 0.1) is 0 Å². The van der Waals surface area contributed by atoms with Gasteiger partial charge in [0.1, 0.15) is 0 Å². The number of benzene rings is 1. The van der Waals surface area contributed by atoms with Gasteiger partial charge in [-0.25, -0.2) is 9.59 Å². The summed E-state index contributed by atoms with van der Waals surface area (Å²) >= 11 is 0. The average Bonchev–Trinajstić information content (AvgIpc) is 2.88. The molecule has 4 nitrogen and oxygen atoms in total. The van der Waals surface area contributed by atoms with Crippen LogP contribution in [0.2, 0.25) is 0 Å². The van der Waals surface area contributed by atoms with Gasteiger partial charge in [0, 0.05) is 0 Å². The van der Waals surface area contributed by atoms with Gasteiger partial charge in [-0.05, 0) is 50.7 Å². The van der Waals surface area contributed by atoms with Gasteiger partial charge in [-0.15, -0.1) is 0 Å². The molecule has 0 amide bonds. The number of ether oxygens (including phenoxy) is 2. The van der Waals surface area contributed by atoms with E-state index in [0.29, 0.717) is 24.3 Å². The predicted molar refractivity (Wildman–Crippen MR) is 141 cm³/mol. The Bertz CT molecular complexity index is 623. The van der Waals surface area contributed by atoms with E-state index in [1.54, 1.807) is 24.3 Å². The van der Waals surface area contributed by atoms with Gasteiger partial charge in [0.2, 0.25) is 0 Å². The molecule has 1 aliphatic rings. The van der Waals surface area contributed by atoms with E-state index in [1.165, 1.54) is 77.0 Å². The van der Waals surface area contributed by atoms with Crippen molar-refractivity contribution in [2.45, 2.75) is 117 Å². The number of hydrogen-bond donors (Lipinski definition) is 0. The summed E-state index contributed by atoms with van der Waals surface area (Å²) in [6, 6.07) is 6.74. The van der Waals surface area contributed by atoms with Crippen molar-refractivity contribution in [2.24, 2.45) is 0 Å². The topological polar surface area (TPSA) is 52.6 Å². The third kappa shape index (κ3) is 14.9. The second-order valence-electron chi connectivity index (χ2n) is 9.11. The summed E-state index contributed by atoms with van der Waals surface area (Å²) in [5.74, 6) is -0.888. The monoisotopic (exact) mass is 472 g/mol. The van der Waals surface area contributed by atoms with E-state index in [-0.39, 0.29) is 0 Å². The molecule has 2 rings (SSSR count). The van der Waals surface area contributed by atoms with Crippen molar-refractivity contribution < 1.29 is 19.1 Å². The number of hydrogen-bond acceptors (Lipinski definition) is 4. The summed E-state index contributed by atoms with van der Waals surface area (Å²) in [6.07, 6.45) is 23.6. The zero-order valence-electron chi connectivity index (χ0n) is 21.8. The maximum Gasteiger partial charge on any atom is 0.339 e. The second-order valence-corrected chi connectivity index (χ2v) is 9.11. The molecule has 1 aromatic rings. The van der Waals surface area contributed by atoms with Gasteiger partial charge < -0.3 is 9.47 Å². The summed E-state index contributed by atoms with van der Waals surface area (Å²) in [7, 11) is 0. The Labute approximate surface area is 208 Å². The van der Waals surface area contributed by atoms with Crippen molar-refractivity contribution in [3.63, 3.8) is 0 Å². The first kappa shape index (κ1) is 29.9. The minimum absolute atomic E-state index is 0.293. The predicted octanol–water partition coefficient (Wildman–Crippen LogP) is 8.84. The lowest BCUT2D eigenvalue weighted by Gasteiger charge is -2.10. The Kier molecular flexibility index (Phi) is 18.9. The van der Waals surface area contributed by atoms with Crippen LogP contribution in [0.4, 0.5) is 0 Å². The van der Waals surface area contributed by atoms with Crippen LogP contribution in [-0.4, -0.2) is 25.2 Å². The SMILES string of the molecule is C1=CCCCC1.CCCCCCCCOC(=O)c1ccccc1C(=O)OCCCCCCCC. The summed E-state index contributed by atoms with van der Waals surface area (Å²) in [5, 5.41) is 0. The molecule has 0 spiro atoms. The minimum Gasteiger partial charge on any atom is -0.462 e.